The van der Waals surface area contributed by atoms with Crippen molar-refractivity contribution in [1.82, 2.24) is 0 Å². The second-order valence-electron chi connectivity index (χ2n) is 3.05. The zero-order chi connectivity index (χ0) is 10.2. The van der Waals surface area contributed by atoms with E-state index in [1.807, 2.05) is 24.3 Å². The van der Waals surface area contributed by atoms with E-state index >= 15 is 0 Å². The lowest BCUT2D eigenvalue weighted by molar-refractivity contribution is 0.281. The van der Waals surface area contributed by atoms with E-state index in [9.17, 15) is 0 Å². The highest BCUT2D eigenvalue weighted by atomic mass is 79.9. The van der Waals surface area contributed by atoms with Crippen molar-refractivity contribution in [3.63, 3.8) is 0 Å². The molecule has 0 saturated heterocycles. The Morgan fingerprint density at radius 1 is 1.14 bits per heavy atom. The van der Waals surface area contributed by atoms with Crippen LogP contribution < -0.4 is 4.74 Å². The maximum atomic E-state index is 8.83. The Morgan fingerprint density at radius 3 is 2.43 bits per heavy atom. The molecular formula is C11H15BrO2. The Kier molecular flexibility index (Phi) is 5.64. The van der Waals surface area contributed by atoms with Gasteiger partial charge in [-0.25, -0.2) is 0 Å². The number of hydrogen-bond donors (Lipinski definition) is 1. The van der Waals surface area contributed by atoms with Gasteiger partial charge in [-0.05, 0) is 30.5 Å². The van der Waals surface area contributed by atoms with Crippen molar-refractivity contribution in [3.8, 4) is 5.75 Å². The molecular weight excluding hydrogens is 244 g/mol. The summed E-state index contributed by atoms with van der Waals surface area (Å²) in [5.74, 6) is 0.872. The summed E-state index contributed by atoms with van der Waals surface area (Å²) in [5.41, 5.74) is 0.915. The summed E-state index contributed by atoms with van der Waals surface area (Å²) in [4.78, 5) is 0. The Balaban J connectivity index is 2.29. The van der Waals surface area contributed by atoms with Gasteiger partial charge < -0.3 is 9.84 Å². The zero-order valence-electron chi connectivity index (χ0n) is 8.08. The van der Waals surface area contributed by atoms with Crippen molar-refractivity contribution in [1.29, 1.82) is 0 Å². The van der Waals surface area contributed by atoms with E-state index in [0.717, 1.165) is 36.1 Å². The van der Waals surface area contributed by atoms with Gasteiger partial charge in [-0.15, -0.1) is 0 Å². The Morgan fingerprint density at radius 2 is 1.86 bits per heavy atom. The summed E-state index contributed by atoms with van der Waals surface area (Å²) in [6.07, 6.45) is 2.20. The second-order valence-corrected chi connectivity index (χ2v) is 3.84. The van der Waals surface area contributed by atoms with E-state index in [4.69, 9.17) is 9.84 Å². The lowest BCUT2D eigenvalue weighted by Crippen LogP contribution is -1.97. The van der Waals surface area contributed by atoms with E-state index in [1.165, 1.54) is 0 Å². The van der Waals surface area contributed by atoms with Crippen LogP contribution in [-0.4, -0.2) is 17.0 Å². The predicted octanol–water partition coefficient (Wildman–Crippen LogP) is 2.73. The number of benzene rings is 1. The molecule has 1 N–H and O–H groups in total. The van der Waals surface area contributed by atoms with Gasteiger partial charge >= 0.3 is 0 Å². The summed E-state index contributed by atoms with van der Waals surface area (Å²) < 4.78 is 5.51. The van der Waals surface area contributed by atoms with Crippen LogP contribution in [0.4, 0.5) is 0 Å². The molecule has 0 fully saturated rings. The molecule has 0 unspecified atom stereocenters. The molecule has 0 radical (unpaired) electrons. The number of ether oxygens (including phenoxy) is 1. The first-order chi connectivity index (χ1) is 6.86. The Hall–Kier alpha value is -0.540. The van der Waals surface area contributed by atoms with Crippen molar-refractivity contribution < 1.29 is 9.84 Å². The molecule has 2 nitrogen and oxygen atoms in total. The molecule has 0 saturated carbocycles. The standard InChI is InChI=1S/C11H15BrO2/c12-7-1-2-8-14-11-5-3-10(9-13)4-6-11/h3-6,13H,1-2,7-9H2. The van der Waals surface area contributed by atoms with Crippen molar-refractivity contribution in [3.05, 3.63) is 29.8 Å². The molecule has 0 aliphatic heterocycles. The van der Waals surface area contributed by atoms with Gasteiger partial charge in [-0.1, -0.05) is 28.1 Å². The average Bonchev–Trinajstić information content (AvgIpc) is 2.25. The van der Waals surface area contributed by atoms with Crippen LogP contribution in [0.25, 0.3) is 0 Å². The number of aliphatic hydroxyl groups is 1. The summed E-state index contributed by atoms with van der Waals surface area (Å²) >= 11 is 3.37. The SMILES string of the molecule is OCc1ccc(OCCCCBr)cc1. The fourth-order valence-electron chi connectivity index (χ4n) is 1.08. The molecule has 0 heterocycles. The molecule has 0 aromatic heterocycles. The van der Waals surface area contributed by atoms with E-state index in [0.29, 0.717) is 0 Å². The van der Waals surface area contributed by atoms with Gasteiger partial charge in [0.05, 0.1) is 13.2 Å². The maximum Gasteiger partial charge on any atom is 0.119 e. The minimum atomic E-state index is 0.0872. The molecule has 1 rings (SSSR count). The van der Waals surface area contributed by atoms with Crippen LogP contribution in [0.1, 0.15) is 18.4 Å². The molecule has 14 heavy (non-hydrogen) atoms. The van der Waals surface area contributed by atoms with E-state index in [1.54, 1.807) is 0 Å². The summed E-state index contributed by atoms with van der Waals surface area (Å²) in [6.45, 7) is 0.841. The van der Waals surface area contributed by atoms with Gasteiger partial charge in [0.25, 0.3) is 0 Å². The number of rotatable bonds is 6. The molecule has 0 bridgehead atoms. The van der Waals surface area contributed by atoms with Crippen LogP contribution in [0.15, 0.2) is 24.3 Å². The van der Waals surface area contributed by atoms with Gasteiger partial charge in [-0.2, -0.15) is 0 Å². The Labute approximate surface area is 93.0 Å². The van der Waals surface area contributed by atoms with Gasteiger partial charge in [0, 0.05) is 5.33 Å². The summed E-state index contributed by atoms with van der Waals surface area (Å²) in [5, 5.41) is 9.86. The molecule has 78 valence electrons. The zero-order valence-corrected chi connectivity index (χ0v) is 9.66. The topological polar surface area (TPSA) is 29.5 Å². The highest BCUT2D eigenvalue weighted by Gasteiger charge is 1.94. The molecule has 0 aliphatic rings. The first-order valence-corrected chi connectivity index (χ1v) is 5.87. The third kappa shape index (κ3) is 4.11. The van der Waals surface area contributed by atoms with Crippen molar-refractivity contribution in [2.24, 2.45) is 0 Å². The largest absolute Gasteiger partial charge is 0.494 e. The molecule has 0 atom stereocenters. The summed E-state index contributed by atoms with van der Waals surface area (Å²) in [6, 6.07) is 7.53. The quantitative estimate of drug-likeness (QED) is 0.628. The highest BCUT2D eigenvalue weighted by molar-refractivity contribution is 9.09. The molecule has 0 spiro atoms. The monoisotopic (exact) mass is 258 g/mol. The fraction of sp³-hybridized carbons (Fsp3) is 0.455. The minimum Gasteiger partial charge on any atom is -0.494 e. The molecule has 1 aromatic rings. The van der Waals surface area contributed by atoms with Crippen molar-refractivity contribution >= 4 is 15.9 Å². The van der Waals surface area contributed by atoms with E-state index in [2.05, 4.69) is 15.9 Å². The van der Waals surface area contributed by atoms with Crippen LogP contribution in [-0.2, 0) is 6.61 Å². The lowest BCUT2D eigenvalue weighted by Gasteiger charge is -2.05. The molecule has 0 aliphatic carbocycles. The van der Waals surface area contributed by atoms with Crippen LogP contribution in [0.3, 0.4) is 0 Å². The molecule has 3 heteroatoms. The second kappa shape index (κ2) is 6.85. The van der Waals surface area contributed by atoms with Crippen LogP contribution >= 0.6 is 15.9 Å². The Bertz CT molecular complexity index is 246. The average molecular weight is 259 g/mol. The van der Waals surface area contributed by atoms with Gasteiger partial charge in [0.15, 0.2) is 0 Å². The van der Waals surface area contributed by atoms with Gasteiger partial charge in [0.2, 0.25) is 0 Å². The van der Waals surface area contributed by atoms with Crippen LogP contribution in [0.5, 0.6) is 5.75 Å². The lowest BCUT2D eigenvalue weighted by atomic mass is 10.2. The number of aliphatic hydroxyl groups excluding tert-OH is 1. The van der Waals surface area contributed by atoms with Gasteiger partial charge in [-0.3, -0.25) is 0 Å². The fourth-order valence-corrected chi connectivity index (χ4v) is 1.47. The van der Waals surface area contributed by atoms with Gasteiger partial charge in [0.1, 0.15) is 5.75 Å². The summed E-state index contributed by atoms with van der Waals surface area (Å²) in [7, 11) is 0. The normalized spacial score (nSPS) is 10.1. The first kappa shape index (κ1) is 11.5. The number of hydrogen-bond acceptors (Lipinski definition) is 2. The number of unbranched alkanes of at least 4 members (excludes halogenated alkanes) is 1. The number of alkyl halides is 1. The molecule has 1 aromatic carbocycles. The van der Waals surface area contributed by atoms with Crippen LogP contribution in [0.2, 0.25) is 0 Å². The van der Waals surface area contributed by atoms with Crippen molar-refractivity contribution in [2.45, 2.75) is 19.4 Å². The minimum absolute atomic E-state index is 0.0872. The first-order valence-electron chi connectivity index (χ1n) is 4.75. The van der Waals surface area contributed by atoms with E-state index in [-0.39, 0.29) is 6.61 Å². The smallest absolute Gasteiger partial charge is 0.119 e. The highest BCUT2D eigenvalue weighted by Crippen LogP contribution is 2.12. The predicted molar refractivity (Wildman–Crippen MR) is 60.9 cm³/mol. The van der Waals surface area contributed by atoms with Crippen LogP contribution in [0, 0.1) is 0 Å². The number of halogens is 1. The van der Waals surface area contributed by atoms with E-state index < -0.39 is 0 Å². The van der Waals surface area contributed by atoms with Crippen molar-refractivity contribution in [2.75, 3.05) is 11.9 Å². The third-order valence-corrected chi connectivity index (χ3v) is 2.46. The molecule has 0 amide bonds. The maximum absolute atomic E-state index is 8.83. The third-order valence-electron chi connectivity index (χ3n) is 1.90.